The molecule has 0 saturated carbocycles. The van der Waals surface area contributed by atoms with Crippen LogP contribution in [0.4, 0.5) is 0 Å². The molecule has 1 aromatic carbocycles. The van der Waals surface area contributed by atoms with Crippen LogP contribution < -0.4 is 11.1 Å². The zero-order valence-corrected chi connectivity index (χ0v) is 14.6. The molecule has 0 aliphatic rings. The Hall–Kier alpha value is -1.10. The van der Waals surface area contributed by atoms with Gasteiger partial charge in [-0.3, -0.25) is 4.79 Å². The van der Waals surface area contributed by atoms with E-state index in [-0.39, 0.29) is 18.3 Å². The van der Waals surface area contributed by atoms with Crippen LogP contribution in [0.15, 0.2) is 24.3 Å². The molecule has 0 atom stereocenters. The zero-order valence-electron chi connectivity index (χ0n) is 13.8. The lowest BCUT2D eigenvalue weighted by Crippen LogP contribution is -2.31. The fourth-order valence-corrected chi connectivity index (χ4v) is 2.37. The number of benzene rings is 1. The van der Waals surface area contributed by atoms with Gasteiger partial charge in [-0.1, -0.05) is 26.0 Å². The Bertz CT molecular complexity index is 403. The second kappa shape index (κ2) is 12.4. The molecule has 22 heavy (non-hydrogen) atoms. The van der Waals surface area contributed by atoms with Crippen LogP contribution in [0.25, 0.3) is 0 Å². The minimum Gasteiger partial charge on any atom is -0.352 e. The fraction of sp³-hybridized carbons (Fsp3) is 0.588. The lowest BCUT2D eigenvalue weighted by Gasteiger charge is -2.20. The van der Waals surface area contributed by atoms with Gasteiger partial charge in [0.25, 0.3) is 5.91 Å². The Morgan fingerprint density at radius 3 is 2.18 bits per heavy atom. The van der Waals surface area contributed by atoms with E-state index in [0.717, 1.165) is 38.2 Å². The van der Waals surface area contributed by atoms with Gasteiger partial charge in [0.2, 0.25) is 0 Å². The third-order valence-corrected chi connectivity index (χ3v) is 3.47. The molecular formula is C17H30ClN3O. The molecule has 0 bridgehead atoms. The van der Waals surface area contributed by atoms with E-state index < -0.39 is 0 Å². The molecule has 1 amide bonds. The minimum atomic E-state index is -0.00361. The van der Waals surface area contributed by atoms with Crippen LogP contribution in [-0.2, 0) is 6.54 Å². The Balaban J connectivity index is 0.00000441. The van der Waals surface area contributed by atoms with Gasteiger partial charge in [-0.05, 0) is 56.6 Å². The predicted molar refractivity (Wildman–Crippen MR) is 95.6 cm³/mol. The number of nitrogens with two attached hydrogens (primary N) is 1. The Morgan fingerprint density at radius 1 is 1.09 bits per heavy atom. The molecule has 0 spiro atoms. The van der Waals surface area contributed by atoms with Gasteiger partial charge in [0.1, 0.15) is 0 Å². The van der Waals surface area contributed by atoms with Crippen molar-refractivity contribution in [3.8, 4) is 0 Å². The van der Waals surface area contributed by atoms with Gasteiger partial charge in [0.05, 0.1) is 0 Å². The van der Waals surface area contributed by atoms with Crippen LogP contribution in [0.1, 0.15) is 49.0 Å². The minimum absolute atomic E-state index is 0. The molecule has 0 fully saturated rings. The largest absolute Gasteiger partial charge is 0.352 e. The van der Waals surface area contributed by atoms with Gasteiger partial charge < -0.3 is 16.0 Å². The number of hydrogen-bond donors (Lipinski definition) is 2. The molecule has 0 saturated heterocycles. The normalized spacial score (nSPS) is 10.4. The number of carbonyl (C=O) groups is 1. The number of rotatable bonds is 10. The van der Waals surface area contributed by atoms with E-state index in [9.17, 15) is 4.79 Å². The summed E-state index contributed by atoms with van der Waals surface area (Å²) in [4.78, 5) is 14.4. The van der Waals surface area contributed by atoms with Crippen molar-refractivity contribution in [2.24, 2.45) is 5.73 Å². The summed E-state index contributed by atoms with van der Waals surface area (Å²) in [6.45, 7) is 8.97. The maximum Gasteiger partial charge on any atom is 0.251 e. The third-order valence-electron chi connectivity index (χ3n) is 3.47. The first-order valence-corrected chi connectivity index (χ1v) is 8.00. The summed E-state index contributed by atoms with van der Waals surface area (Å²) in [6.07, 6.45) is 3.35. The monoisotopic (exact) mass is 327 g/mol. The van der Waals surface area contributed by atoms with Gasteiger partial charge in [-0.15, -0.1) is 12.4 Å². The molecular weight excluding hydrogens is 298 g/mol. The van der Waals surface area contributed by atoms with Crippen LogP contribution >= 0.6 is 12.4 Å². The molecule has 4 nitrogen and oxygen atoms in total. The van der Waals surface area contributed by atoms with Gasteiger partial charge >= 0.3 is 0 Å². The standard InChI is InChI=1S/C17H29N3O.ClH/c1-3-11-20(12-4-2)13-5-10-19-17(21)16-8-6-15(14-18)7-9-16;/h6-9H,3-5,10-14,18H2,1-2H3,(H,19,21);1H. The number of nitrogens with zero attached hydrogens (tertiary/aromatic N) is 1. The molecule has 126 valence electrons. The number of nitrogens with one attached hydrogen (secondary N) is 1. The van der Waals surface area contributed by atoms with Crippen molar-refractivity contribution in [3.05, 3.63) is 35.4 Å². The maximum absolute atomic E-state index is 12.0. The summed E-state index contributed by atoms with van der Waals surface area (Å²) in [5, 5.41) is 2.98. The van der Waals surface area contributed by atoms with Gasteiger partial charge in [-0.2, -0.15) is 0 Å². The summed E-state index contributed by atoms with van der Waals surface area (Å²) in [7, 11) is 0. The van der Waals surface area contributed by atoms with Crippen molar-refractivity contribution in [3.63, 3.8) is 0 Å². The Morgan fingerprint density at radius 2 is 1.68 bits per heavy atom. The number of hydrogen-bond acceptors (Lipinski definition) is 3. The molecule has 1 aromatic rings. The molecule has 0 radical (unpaired) electrons. The molecule has 0 heterocycles. The summed E-state index contributed by atoms with van der Waals surface area (Å²) >= 11 is 0. The lowest BCUT2D eigenvalue weighted by atomic mass is 10.1. The van der Waals surface area contributed by atoms with Crippen LogP contribution in [0.2, 0.25) is 0 Å². The lowest BCUT2D eigenvalue weighted by molar-refractivity contribution is 0.0951. The Kier molecular flexibility index (Phi) is 11.8. The van der Waals surface area contributed by atoms with Crippen LogP contribution in [0.3, 0.4) is 0 Å². The first-order valence-electron chi connectivity index (χ1n) is 8.00. The van der Waals surface area contributed by atoms with E-state index in [1.54, 1.807) is 0 Å². The SMILES string of the molecule is CCCN(CCC)CCCNC(=O)c1ccc(CN)cc1.Cl. The quantitative estimate of drug-likeness (QED) is 0.650. The molecule has 5 heteroatoms. The van der Waals surface area contributed by atoms with Crippen LogP contribution in [0.5, 0.6) is 0 Å². The topological polar surface area (TPSA) is 58.4 Å². The van der Waals surface area contributed by atoms with E-state index in [0.29, 0.717) is 12.1 Å². The van der Waals surface area contributed by atoms with Crippen molar-refractivity contribution in [1.82, 2.24) is 10.2 Å². The second-order valence-electron chi connectivity index (χ2n) is 5.35. The molecule has 0 unspecified atom stereocenters. The van der Waals surface area contributed by atoms with Crippen molar-refractivity contribution >= 4 is 18.3 Å². The molecule has 0 aliphatic carbocycles. The summed E-state index contributed by atoms with van der Waals surface area (Å²) < 4.78 is 0. The van der Waals surface area contributed by atoms with Gasteiger partial charge in [0.15, 0.2) is 0 Å². The van der Waals surface area contributed by atoms with Gasteiger partial charge in [-0.25, -0.2) is 0 Å². The highest BCUT2D eigenvalue weighted by molar-refractivity contribution is 5.94. The fourth-order valence-electron chi connectivity index (χ4n) is 2.37. The number of carbonyl (C=O) groups excluding carboxylic acids is 1. The van der Waals surface area contributed by atoms with Gasteiger partial charge in [0, 0.05) is 18.7 Å². The highest BCUT2D eigenvalue weighted by Crippen LogP contribution is 2.03. The van der Waals surface area contributed by atoms with E-state index in [1.807, 2.05) is 24.3 Å². The highest BCUT2D eigenvalue weighted by Gasteiger charge is 2.06. The van der Waals surface area contributed by atoms with Crippen molar-refractivity contribution < 1.29 is 4.79 Å². The Labute approximate surface area is 140 Å². The zero-order chi connectivity index (χ0) is 15.5. The van der Waals surface area contributed by atoms with E-state index >= 15 is 0 Å². The van der Waals surface area contributed by atoms with Crippen LogP contribution in [-0.4, -0.2) is 37.0 Å². The molecule has 0 aliphatic heterocycles. The third kappa shape index (κ3) is 7.78. The smallest absolute Gasteiger partial charge is 0.251 e. The van der Waals surface area contributed by atoms with E-state index in [2.05, 4.69) is 24.1 Å². The first kappa shape index (κ1) is 20.9. The van der Waals surface area contributed by atoms with E-state index in [4.69, 9.17) is 5.73 Å². The number of amides is 1. The molecule has 0 aromatic heterocycles. The van der Waals surface area contributed by atoms with E-state index in [1.165, 1.54) is 12.8 Å². The average Bonchev–Trinajstić information content (AvgIpc) is 2.51. The summed E-state index contributed by atoms with van der Waals surface area (Å²) in [5.41, 5.74) is 7.29. The molecule has 3 N–H and O–H groups in total. The first-order chi connectivity index (χ1) is 10.2. The van der Waals surface area contributed by atoms with Crippen molar-refractivity contribution in [1.29, 1.82) is 0 Å². The molecule has 1 rings (SSSR count). The second-order valence-corrected chi connectivity index (χ2v) is 5.35. The summed E-state index contributed by atoms with van der Waals surface area (Å²) in [6, 6.07) is 7.47. The average molecular weight is 328 g/mol. The van der Waals surface area contributed by atoms with Crippen molar-refractivity contribution in [2.75, 3.05) is 26.2 Å². The van der Waals surface area contributed by atoms with Crippen molar-refractivity contribution in [2.45, 2.75) is 39.7 Å². The summed E-state index contributed by atoms with van der Waals surface area (Å²) in [5.74, 6) is -0.00361. The maximum atomic E-state index is 12.0. The number of halogens is 1. The highest BCUT2D eigenvalue weighted by atomic mass is 35.5. The predicted octanol–water partition coefficient (Wildman–Crippen LogP) is 2.81. The van der Waals surface area contributed by atoms with Crippen LogP contribution in [0, 0.1) is 0 Å².